The van der Waals surface area contributed by atoms with Crippen molar-refractivity contribution < 1.29 is 14.2 Å². The summed E-state index contributed by atoms with van der Waals surface area (Å²) in [5, 5.41) is 3.43. The standard InChI is InChI=1S/C18H30BrNO3/c1-6-21-17-11-15(10-16(19)18(17)23-14(4)5)12-20-8-7-9-22-13(2)3/h10-11,13-14,20H,6-9,12H2,1-5H3. The number of hydrogen-bond acceptors (Lipinski definition) is 4. The van der Waals surface area contributed by atoms with E-state index in [9.17, 15) is 0 Å². The molecular formula is C18H30BrNO3. The van der Waals surface area contributed by atoms with Crippen molar-refractivity contribution in [2.75, 3.05) is 19.8 Å². The molecule has 0 atom stereocenters. The molecule has 1 N–H and O–H groups in total. The fourth-order valence-electron chi connectivity index (χ4n) is 2.09. The van der Waals surface area contributed by atoms with Crippen molar-refractivity contribution in [2.24, 2.45) is 0 Å². The van der Waals surface area contributed by atoms with E-state index in [1.807, 2.05) is 26.8 Å². The van der Waals surface area contributed by atoms with E-state index in [0.29, 0.717) is 12.7 Å². The maximum atomic E-state index is 5.85. The molecular weight excluding hydrogens is 358 g/mol. The minimum absolute atomic E-state index is 0.107. The largest absolute Gasteiger partial charge is 0.490 e. The lowest BCUT2D eigenvalue weighted by Gasteiger charge is -2.17. The fourth-order valence-corrected chi connectivity index (χ4v) is 2.67. The van der Waals surface area contributed by atoms with E-state index in [4.69, 9.17) is 14.2 Å². The second-order valence-electron chi connectivity index (χ2n) is 5.95. The zero-order chi connectivity index (χ0) is 17.2. The van der Waals surface area contributed by atoms with E-state index < -0.39 is 0 Å². The smallest absolute Gasteiger partial charge is 0.175 e. The third kappa shape index (κ3) is 8.04. The van der Waals surface area contributed by atoms with Crippen LogP contribution in [0.15, 0.2) is 16.6 Å². The maximum Gasteiger partial charge on any atom is 0.175 e. The van der Waals surface area contributed by atoms with Gasteiger partial charge in [-0.25, -0.2) is 0 Å². The first-order valence-corrected chi connectivity index (χ1v) is 9.17. The van der Waals surface area contributed by atoms with Crippen LogP contribution in [0.4, 0.5) is 0 Å². The Labute approximate surface area is 149 Å². The van der Waals surface area contributed by atoms with Crippen molar-refractivity contribution in [2.45, 2.75) is 59.8 Å². The predicted molar refractivity (Wildman–Crippen MR) is 98.5 cm³/mol. The van der Waals surface area contributed by atoms with Gasteiger partial charge >= 0.3 is 0 Å². The zero-order valence-electron chi connectivity index (χ0n) is 14.9. The van der Waals surface area contributed by atoms with Crippen molar-refractivity contribution in [3.05, 3.63) is 22.2 Å². The number of hydrogen-bond donors (Lipinski definition) is 1. The summed E-state index contributed by atoms with van der Waals surface area (Å²) in [5.74, 6) is 1.56. The van der Waals surface area contributed by atoms with E-state index in [1.165, 1.54) is 5.56 Å². The third-order valence-electron chi connectivity index (χ3n) is 3.00. The zero-order valence-corrected chi connectivity index (χ0v) is 16.5. The molecule has 0 aliphatic rings. The van der Waals surface area contributed by atoms with E-state index >= 15 is 0 Å². The number of halogens is 1. The Morgan fingerprint density at radius 3 is 2.48 bits per heavy atom. The molecule has 1 aromatic rings. The Balaban J connectivity index is 2.58. The maximum absolute atomic E-state index is 5.85. The van der Waals surface area contributed by atoms with Crippen LogP contribution in [0, 0.1) is 0 Å². The summed E-state index contributed by atoms with van der Waals surface area (Å²) in [6.07, 6.45) is 1.41. The molecule has 132 valence electrons. The molecule has 1 rings (SSSR count). The summed E-state index contributed by atoms with van der Waals surface area (Å²) in [4.78, 5) is 0. The summed E-state index contributed by atoms with van der Waals surface area (Å²) >= 11 is 3.59. The van der Waals surface area contributed by atoms with Crippen LogP contribution in [0.3, 0.4) is 0 Å². The minimum Gasteiger partial charge on any atom is -0.490 e. The molecule has 0 aromatic heterocycles. The topological polar surface area (TPSA) is 39.7 Å². The summed E-state index contributed by atoms with van der Waals surface area (Å²) in [6, 6.07) is 4.13. The van der Waals surface area contributed by atoms with Crippen LogP contribution in [0.2, 0.25) is 0 Å². The van der Waals surface area contributed by atoms with Crippen molar-refractivity contribution in [1.29, 1.82) is 0 Å². The average molecular weight is 388 g/mol. The van der Waals surface area contributed by atoms with E-state index in [1.54, 1.807) is 0 Å². The molecule has 0 aliphatic heterocycles. The van der Waals surface area contributed by atoms with E-state index in [2.05, 4.69) is 41.2 Å². The fraction of sp³-hybridized carbons (Fsp3) is 0.667. The molecule has 4 nitrogen and oxygen atoms in total. The van der Waals surface area contributed by atoms with Gasteiger partial charge in [0.25, 0.3) is 0 Å². The van der Waals surface area contributed by atoms with Gasteiger partial charge in [-0.1, -0.05) is 0 Å². The van der Waals surface area contributed by atoms with Crippen LogP contribution >= 0.6 is 15.9 Å². The molecule has 0 radical (unpaired) electrons. The van der Waals surface area contributed by atoms with Gasteiger partial charge < -0.3 is 19.5 Å². The minimum atomic E-state index is 0.107. The second kappa shape index (κ2) is 10.9. The molecule has 0 spiro atoms. The summed E-state index contributed by atoms with van der Waals surface area (Å²) in [6.45, 7) is 13.2. The van der Waals surface area contributed by atoms with Crippen LogP contribution in [0.5, 0.6) is 11.5 Å². The summed E-state index contributed by atoms with van der Waals surface area (Å²) < 4.78 is 18.0. The molecule has 0 aliphatic carbocycles. The van der Waals surface area contributed by atoms with Crippen molar-refractivity contribution in [1.82, 2.24) is 5.32 Å². The van der Waals surface area contributed by atoms with Gasteiger partial charge in [0.1, 0.15) is 0 Å². The van der Waals surface area contributed by atoms with Crippen molar-refractivity contribution in [3.63, 3.8) is 0 Å². The number of rotatable bonds is 11. The number of benzene rings is 1. The van der Waals surface area contributed by atoms with Crippen LogP contribution in [-0.2, 0) is 11.3 Å². The van der Waals surface area contributed by atoms with Gasteiger partial charge in [0.2, 0.25) is 0 Å². The van der Waals surface area contributed by atoms with Gasteiger partial charge in [0.15, 0.2) is 11.5 Å². The molecule has 0 unspecified atom stereocenters. The molecule has 1 aromatic carbocycles. The van der Waals surface area contributed by atoms with E-state index in [0.717, 1.165) is 42.1 Å². The molecule has 0 fully saturated rings. The molecule has 0 amide bonds. The number of nitrogens with one attached hydrogen (secondary N) is 1. The Hall–Kier alpha value is -0.780. The van der Waals surface area contributed by atoms with Gasteiger partial charge in [0.05, 0.1) is 23.3 Å². The van der Waals surface area contributed by atoms with Crippen LogP contribution in [0.1, 0.15) is 46.6 Å². The molecule has 0 saturated carbocycles. The Morgan fingerprint density at radius 2 is 1.87 bits per heavy atom. The van der Waals surface area contributed by atoms with Crippen LogP contribution in [-0.4, -0.2) is 32.0 Å². The monoisotopic (exact) mass is 387 g/mol. The highest BCUT2D eigenvalue weighted by Gasteiger charge is 2.13. The van der Waals surface area contributed by atoms with Gasteiger partial charge in [-0.3, -0.25) is 0 Å². The highest BCUT2D eigenvalue weighted by Crippen LogP contribution is 2.37. The first kappa shape index (κ1) is 20.3. The first-order chi connectivity index (χ1) is 10.9. The Morgan fingerprint density at radius 1 is 1.13 bits per heavy atom. The highest BCUT2D eigenvalue weighted by molar-refractivity contribution is 9.10. The van der Waals surface area contributed by atoms with Crippen LogP contribution in [0.25, 0.3) is 0 Å². The van der Waals surface area contributed by atoms with Crippen LogP contribution < -0.4 is 14.8 Å². The molecule has 5 heteroatoms. The Kier molecular flexibility index (Phi) is 9.60. The normalized spacial score (nSPS) is 11.3. The highest BCUT2D eigenvalue weighted by atomic mass is 79.9. The molecule has 23 heavy (non-hydrogen) atoms. The molecule has 0 bridgehead atoms. The van der Waals surface area contributed by atoms with Gasteiger partial charge in [-0.05, 0) is 81.2 Å². The van der Waals surface area contributed by atoms with Gasteiger partial charge in [-0.2, -0.15) is 0 Å². The third-order valence-corrected chi connectivity index (χ3v) is 3.59. The summed E-state index contributed by atoms with van der Waals surface area (Å²) in [7, 11) is 0. The SMILES string of the molecule is CCOc1cc(CNCCCOC(C)C)cc(Br)c1OC(C)C. The first-order valence-electron chi connectivity index (χ1n) is 8.38. The lowest BCUT2D eigenvalue weighted by molar-refractivity contribution is 0.0770. The summed E-state index contributed by atoms with van der Waals surface area (Å²) in [5.41, 5.74) is 1.17. The quantitative estimate of drug-likeness (QED) is 0.565. The lowest BCUT2D eigenvalue weighted by Crippen LogP contribution is -2.17. The van der Waals surface area contributed by atoms with Crippen molar-refractivity contribution in [3.8, 4) is 11.5 Å². The average Bonchev–Trinajstić information content (AvgIpc) is 2.46. The number of ether oxygens (including phenoxy) is 3. The van der Waals surface area contributed by atoms with E-state index in [-0.39, 0.29) is 6.10 Å². The second-order valence-corrected chi connectivity index (χ2v) is 6.81. The molecule has 0 heterocycles. The Bertz CT molecular complexity index is 464. The van der Waals surface area contributed by atoms with Gasteiger partial charge in [0, 0.05) is 13.2 Å². The predicted octanol–water partition coefficient (Wildman–Crippen LogP) is 4.54. The lowest BCUT2D eigenvalue weighted by atomic mass is 10.2. The molecule has 0 saturated heterocycles. The van der Waals surface area contributed by atoms with Gasteiger partial charge in [-0.15, -0.1) is 0 Å². The van der Waals surface area contributed by atoms with Crippen molar-refractivity contribution >= 4 is 15.9 Å².